The summed E-state index contributed by atoms with van der Waals surface area (Å²) in [5.41, 5.74) is 9.54. The summed E-state index contributed by atoms with van der Waals surface area (Å²) in [6.07, 6.45) is 2.68. The van der Waals surface area contributed by atoms with Gasteiger partial charge in [0, 0.05) is 24.8 Å². The van der Waals surface area contributed by atoms with Crippen molar-refractivity contribution >= 4 is 5.69 Å². The molecule has 0 bridgehead atoms. The minimum absolute atomic E-state index is 0.368. The summed E-state index contributed by atoms with van der Waals surface area (Å²) in [7, 11) is 0. The Morgan fingerprint density at radius 3 is 3.06 bits per heavy atom. The molecule has 1 aliphatic heterocycles. The van der Waals surface area contributed by atoms with E-state index < -0.39 is 0 Å². The van der Waals surface area contributed by atoms with Crippen LogP contribution in [0.3, 0.4) is 0 Å². The molecule has 0 saturated carbocycles. The maximum absolute atomic E-state index is 8.85. The summed E-state index contributed by atoms with van der Waals surface area (Å²) in [5, 5.41) is 8.85. The predicted molar refractivity (Wildman–Crippen MR) is 69.3 cm³/mol. The van der Waals surface area contributed by atoms with Crippen molar-refractivity contribution in [3.8, 4) is 6.07 Å². The minimum Gasteiger partial charge on any atom is -0.398 e. The molecule has 17 heavy (non-hydrogen) atoms. The van der Waals surface area contributed by atoms with Crippen molar-refractivity contribution in [3.63, 3.8) is 0 Å². The zero-order chi connectivity index (χ0) is 12.3. The van der Waals surface area contributed by atoms with Crippen LogP contribution in [0.5, 0.6) is 0 Å². The lowest BCUT2D eigenvalue weighted by Crippen LogP contribution is -2.39. The van der Waals surface area contributed by atoms with E-state index in [-0.39, 0.29) is 0 Å². The number of hydrogen-bond donors (Lipinski definition) is 1. The molecule has 0 spiro atoms. The summed E-state index contributed by atoms with van der Waals surface area (Å²) in [4.78, 5) is 2.39. The fourth-order valence-electron chi connectivity index (χ4n) is 2.58. The molecule has 0 aliphatic carbocycles. The number of nitrogens with zero attached hydrogens (tertiary/aromatic N) is 2. The molecule has 0 saturated heterocycles. The average molecular weight is 229 g/mol. The Labute approximate surface area is 103 Å². The van der Waals surface area contributed by atoms with E-state index in [1.54, 1.807) is 0 Å². The fraction of sp³-hybridized carbons (Fsp3) is 0.500. The van der Waals surface area contributed by atoms with E-state index in [9.17, 15) is 0 Å². The Morgan fingerprint density at radius 2 is 2.35 bits per heavy atom. The molecule has 1 unspecified atom stereocenters. The number of anilines is 1. The molecule has 2 rings (SSSR count). The van der Waals surface area contributed by atoms with Crippen LogP contribution in [0.1, 0.15) is 30.9 Å². The number of benzene rings is 1. The van der Waals surface area contributed by atoms with Crippen LogP contribution in [0.4, 0.5) is 5.69 Å². The zero-order valence-corrected chi connectivity index (χ0v) is 10.3. The van der Waals surface area contributed by atoms with Gasteiger partial charge < -0.3 is 5.73 Å². The largest absolute Gasteiger partial charge is 0.398 e. The molecule has 2 N–H and O–H groups in total. The Balaban J connectivity index is 2.18. The minimum atomic E-state index is 0.368. The summed E-state index contributed by atoms with van der Waals surface area (Å²) in [5.74, 6) is 0. The van der Waals surface area contributed by atoms with E-state index in [1.165, 1.54) is 11.1 Å². The van der Waals surface area contributed by atoms with Crippen LogP contribution in [0, 0.1) is 11.3 Å². The second-order valence-electron chi connectivity index (χ2n) is 4.63. The van der Waals surface area contributed by atoms with Gasteiger partial charge in [0.05, 0.1) is 12.5 Å². The van der Waals surface area contributed by atoms with Gasteiger partial charge in [-0.1, -0.05) is 19.1 Å². The van der Waals surface area contributed by atoms with Crippen molar-refractivity contribution < 1.29 is 0 Å². The summed E-state index contributed by atoms with van der Waals surface area (Å²) >= 11 is 0. The number of fused-ring (bicyclic) bond motifs is 1. The SMILES string of the molecule is CCC(CC#N)N1CCc2cccc(N)c2C1. The van der Waals surface area contributed by atoms with Crippen molar-refractivity contribution in [1.82, 2.24) is 4.90 Å². The molecule has 1 aliphatic rings. The molecule has 0 fully saturated rings. The van der Waals surface area contributed by atoms with Crippen LogP contribution in [-0.4, -0.2) is 17.5 Å². The van der Waals surface area contributed by atoms with Gasteiger partial charge in [-0.3, -0.25) is 4.90 Å². The predicted octanol–water partition coefficient (Wildman–Crippen LogP) is 2.32. The summed E-state index contributed by atoms with van der Waals surface area (Å²) in [6.45, 7) is 4.07. The fourth-order valence-corrected chi connectivity index (χ4v) is 2.58. The molecular weight excluding hydrogens is 210 g/mol. The van der Waals surface area contributed by atoms with Gasteiger partial charge in [-0.25, -0.2) is 0 Å². The first-order chi connectivity index (χ1) is 8.26. The smallest absolute Gasteiger partial charge is 0.0638 e. The third-order valence-electron chi connectivity index (χ3n) is 3.65. The van der Waals surface area contributed by atoms with Crippen LogP contribution in [0.2, 0.25) is 0 Å². The standard InChI is InChI=1S/C14H19N3/c1-2-12(6-8-15)17-9-7-11-4-3-5-14(16)13(11)10-17/h3-5,12H,2,6-7,9-10,16H2,1H3. The Kier molecular flexibility index (Phi) is 3.65. The normalized spacial score (nSPS) is 17.2. The van der Waals surface area contributed by atoms with Gasteiger partial charge in [0.2, 0.25) is 0 Å². The van der Waals surface area contributed by atoms with Crippen molar-refractivity contribution in [2.75, 3.05) is 12.3 Å². The van der Waals surface area contributed by atoms with Crippen molar-refractivity contribution in [2.45, 2.75) is 38.8 Å². The van der Waals surface area contributed by atoms with E-state index in [0.717, 1.165) is 31.6 Å². The summed E-state index contributed by atoms with van der Waals surface area (Å²) in [6, 6.07) is 8.80. The second-order valence-corrected chi connectivity index (χ2v) is 4.63. The van der Waals surface area contributed by atoms with Crippen molar-refractivity contribution in [2.24, 2.45) is 0 Å². The highest BCUT2D eigenvalue weighted by atomic mass is 15.2. The lowest BCUT2D eigenvalue weighted by atomic mass is 9.96. The van der Waals surface area contributed by atoms with Gasteiger partial charge in [0.15, 0.2) is 0 Å². The quantitative estimate of drug-likeness (QED) is 0.809. The molecule has 0 aromatic heterocycles. The molecule has 1 heterocycles. The molecule has 1 aromatic carbocycles. The van der Waals surface area contributed by atoms with Crippen molar-refractivity contribution in [1.29, 1.82) is 5.26 Å². The van der Waals surface area contributed by atoms with Gasteiger partial charge >= 0.3 is 0 Å². The zero-order valence-electron chi connectivity index (χ0n) is 10.3. The van der Waals surface area contributed by atoms with Gasteiger partial charge in [-0.05, 0) is 30.0 Å². The number of hydrogen-bond acceptors (Lipinski definition) is 3. The third kappa shape index (κ3) is 2.42. The number of nitrogens with two attached hydrogens (primary N) is 1. The highest BCUT2D eigenvalue weighted by Gasteiger charge is 2.23. The number of nitriles is 1. The second kappa shape index (κ2) is 5.20. The molecular formula is C14H19N3. The first-order valence-corrected chi connectivity index (χ1v) is 6.23. The molecule has 0 amide bonds. The van der Waals surface area contributed by atoms with Gasteiger partial charge in [-0.15, -0.1) is 0 Å². The molecule has 0 radical (unpaired) electrons. The van der Waals surface area contributed by atoms with Gasteiger partial charge in [0.1, 0.15) is 0 Å². The van der Waals surface area contributed by atoms with E-state index in [1.807, 2.05) is 12.1 Å². The van der Waals surface area contributed by atoms with Crippen LogP contribution in [0.25, 0.3) is 0 Å². The van der Waals surface area contributed by atoms with Crippen LogP contribution in [0.15, 0.2) is 18.2 Å². The Bertz CT molecular complexity index is 434. The molecule has 90 valence electrons. The maximum atomic E-state index is 8.85. The van der Waals surface area contributed by atoms with Gasteiger partial charge in [0.25, 0.3) is 0 Å². The monoisotopic (exact) mass is 229 g/mol. The topological polar surface area (TPSA) is 53.0 Å². The molecule has 3 heteroatoms. The third-order valence-corrected chi connectivity index (χ3v) is 3.65. The highest BCUT2D eigenvalue weighted by molar-refractivity contribution is 5.51. The summed E-state index contributed by atoms with van der Waals surface area (Å²) < 4.78 is 0. The van der Waals surface area contributed by atoms with Crippen LogP contribution in [-0.2, 0) is 13.0 Å². The molecule has 1 atom stereocenters. The maximum Gasteiger partial charge on any atom is 0.0638 e. The van der Waals surface area contributed by atoms with E-state index in [0.29, 0.717) is 12.5 Å². The Hall–Kier alpha value is -1.53. The van der Waals surface area contributed by atoms with Gasteiger partial charge in [-0.2, -0.15) is 5.26 Å². The van der Waals surface area contributed by atoms with Crippen LogP contribution < -0.4 is 5.73 Å². The van der Waals surface area contributed by atoms with E-state index >= 15 is 0 Å². The van der Waals surface area contributed by atoms with E-state index in [2.05, 4.69) is 24.0 Å². The number of nitrogen functional groups attached to an aromatic ring is 1. The average Bonchev–Trinajstić information content (AvgIpc) is 2.36. The van der Waals surface area contributed by atoms with Crippen LogP contribution >= 0.6 is 0 Å². The number of rotatable bonds is 3. The first kappa shape index (κ1) is 11.9. The highest BCUT2D eigenvalue weighted by Crippen LogP contribution is 2.26. The van der Waals surface area contributed by atoms with Crippen molar-refractivity contribution in [3.05, 3.63) is 29.3 Å². The first-order valence-electron chi connectivity index (χ1n) is 6.23. The molecule has 3 nitrogen and oxygen atoms in total. The van der Waals surface area contributed by atoms with E-state index in [4.69, 9.17) is 11.0 Å². The lowest BCUT2D eigenvalue weighted by Gasteiger charge is -2.34. The molecule has 1 aromatic rings. The Morgan fingerprint density at radius 1 is 1.53 bits per heavy atom. The lowest BCUT2D eigenvalue weighted by molar-refractivity contribution is 0.176.